The predicted molar refractivity (Wildman–Crippen MR) is 94.2 cm³/mol. The Morgan fingerprint density at radius 2 is 2.21 bits per heavy atom. The lowest BCUT2D eigenvalue weighted by atomic mass is 9.77. The van der Waals surface area contributed by atoms with Gasteiger partial charge < -0.3 is 4.90 Å². The quantitative estimate of drug-likeness (QED) is 0.853. The molecule has 4 nitrogen and oxygen atoms in total. The molecule has 5 atom stereocenters. The number of nitrogens with zero attached hydrogens (tertiary/aromatic N) is 3. The number of rotatable bonds is 4. The number of carbonyl (C=O) groups excluding carboxylic acids is 1. The predicted octanol–water partition coefficient (Wildman–Crippen LogP) is 2.80. The molecule has 1 amide bonds. The van der Waals surface area contributed by atoms with Gasteiger partial charge in [-0.15, -0.1) is 0 Å². The maximum absolute atomic E-state index is 12.6. The van der Waals surface area contributed by atoms with Crippen molar-refractivity contribution in [1.82, 2.24) is 14.8 Å². The van der Waals surface area contributed by atoms with E-state index in [1.807, 2.05) is 18.5 Å². The largest absolute Gasteiger partial charge is 0.342 e. The van der Waals surface area contributed by atoms with Crippen LogP contribution in [0.3, 0.4) is 0 Å². The summed E-state index contributed by atoms with van der Waals surface area (Å²) in [6, 6.07) is 4.76. The Morgan fingerprint density at radius 1 is 1.38 bits per heavy atom. The Kier molecular flexibility index (Phi) is 4.33. The van der Waals surface area contributed by atoms with Crippen LogP contribution in [0.2, 0.25) is 0 Å². The highest BCUT2D eigenvalue weighted by Crippen LogP contribution is 2.43. The maximum atomic E-state index is 12.6. The highest BCUT2D eigenvalue weighted by molar-refractivity contribution is 5.81. The van der Waals surface area contributed by atoms with Crippen molar-refractivity contribution in [3.05, 3.63) is 30.1 Å². The summed E-state index contributed by atoms with van der Waals surface area (Å²) < 4.78 is 0. The van der Waals surface area contributed by atoms with Crippen LogP contribution in [0, 0.1) is 23.7 Å². The number of aromatic nitrogens is 1. The van der Waals surface area contributed by atoms with E-state index < -0.39 is 0 Å². The fourth-order valence-corrected chi connectivity index (χ4v) is 4.97. The van der Waals surface area contributed by atoms with Gasteiger partial charge in [0.25, 0.3) is 0 Å². The molecule has 24 heavy (non-hydrogen) atoms. The zero-order valence-corrected chi connectivity index (χ0v) is 14.9. The first-order valence-corrected chi connectivity index (χ1v) is 9.51. The molecule has 1 aromatic rings. The first-order chi connectivity index (χ1) is 11.6. The lowest BCUT2D eigenvalue weighted by Gasteiger charge is -2.39. The minimum absolute atomic E-state index is 0.330. The van der Waals surface area contributed by atoms with E-state index in [1.165, 1.54) is 24.8 Å². The molecule has 3 unspecified atom stereocenters. The van der Waals surface area contributed by atoms with Crippen LogP contribution in [0.5, 0.6) is 0 Å². The zero-order chi connectivity index (χ0) is 16.7. The van der Waals surface area contributed by atoms with Gasteiger partial charge in [-0.05, 0) is 55.7 Å². The number of amides is 1. The molecule has 4 heteroatoms. The third-order valence-electron chi connectivity index (χ3n) is 6.52. The first kappa shape index (κ1) is 16.1. The molecular weight excluding hydrogens is 298 g/mol. The van der Waals surface area contributed by atoms with E-state index in [4.69, 9.17) is 0 Å². The van der Waals surface area contributed by atoms with Gasteiger partial charge in [0.05, 0.1) is 0 Å². The molecule has 3 aliphatic rings. The standard InChI is InChI=1S/C20H29N3O/c1-14-9-17(14)20(24)23-12-16-6-3-7-19(18(16)13-23)22(2)11-15-5-4-8-21-10-15/h4-5,8,10,14,16-19H,3,6-7,9,11-13H2,1-2H3/t14?,16-,17?,18-,19?/m1/s1. The highest BCUT2D eigenvalue weighted by Gasteiger charge is 2.47. The van der Waals surface area contributed by atoms with Crippen LogP contribution >= 0.6 is 0 Å². The fourth-order valence-electron chi connectivity index (χ4n) is 4.97. The zero-order valence-electron chi connectivity index (χ0n) is 14.9. The minimum Gasteiger partial charge on any atom is -0.342 e. The van der Waals surface area contributed by atoms with E-state index in [-0.39, 0.29) is 0 Å². The molecule has 1 aliphatic heterocycles. The molecule has 2 aliphatic carbocycles. The molecular formula is C20H29N3O. The fraction of sp³-hybridized carbons (Fsp3) is 0.700. The van der Waals surface area contributed by atoms with Crippen molar-refractivity contribution in [2.24, 2.45) is 23.7 Å². The second-order valence-electron chi connectivity index (χ2n) is 8.26. The van der Waals surface area contributed by atoms with Crippen LogP contribution in [0.15, 0.2) is 24.5 Å². The SMILES string of the molecule is CC1CC1C(=O)N1C[C@H]2CCCC(N(C)Cc3cccnc3)[C@@H]2C1. The van der Waals surface area contributed by atoms with E-state index in [2.05, 4.69) is 34.8 Å². The van der Waals surface area contributed by atoms with Gasteiger partial charge in [-0.2, -0.15) is 0 Å². The van der Waals surface area contributed by atoms with Crippen molar-refractivity contribution in [3.8, 4) is 0 Å². The van der Waals surface area contributed by atoms with Crippen molar-refractivity contribution in [2.45, 2.75) is 45.2 Å². The molecule has 0 bridgehead atoms. The van der Waals surface area contributed by atoms with E-state index >= 15 is 0 Å². The van der Waals surface area contributed by atoms with Crippen LogP contribution in [0.1, 0.15) is 38.2 Å². The molecule has 1 aromatic heterocycles. The van der Waals surface area contributed by atoms with Crippen LogP contribution in [0.4, 0.5) is 0 Å². The van der Waals surface area contributed by atoms with Gasteiger partial charge in [0.1, 0.15) is 0 Å². The van der Waals surface area contributed by atoms with Crippen molar-refractivity contribution in [1.29, 1.82) is 0 Å². The van der Waals surface area contributed by atoms with Gasteiger partial charge in [-0.3, -0.25) is 14.7 Å². The van der Waals surface area contributed by atoms with Gasteiger partial charge in [-0.25, -0.2) is 0 Å². The number of hydrogen-bond acceptors (Lipinski definition) is 3. The van der Waals surface area contributed by atoms with Gasteiger partial charge >= 0.3 is 0 Å². The van der Waals surface area contributed by atoms with E-state index in [1.54, 1.807) is 0 Å². The van der Waals surface area contributed by atoms with Gasteiger partial charge in [0, 0.05) is 44.0 Å². The van der Waals surface area contributed by atoms with Crippen LogP contribution < -0.4 is 0 Å². The monoisotopic (exact) mass is 327 g/mol. The summed E-state index contributed by atoms with van der Waals surface area (Å²) in [4.78, 5) is 21.6. The van der Waals surface area contributed by atoms with Gasteiger partial charge in [0.15, 0.2) is 0 Å². The summed E-state index contributed by atoms with van der Waals surface area (Å²) in [6.45, 7) is 5.14. The van der Waals surface area contributed by atoms with Gasteiger partial charge in [0.2, 0.25) is 5.91 Å². The second kappa shape index (κ2) is 6.47. The first-order valence-electron chi connectivity index (χ1n) is 9.51. The molecule has 2 saturated carbocycles. The number of hydrogen-bond donors (Lipinski definition) is 0. The summed E-state index contributed by atoms with van der Waals surface area (Å²) in [6.07, 6.45) is 8.76. The third-order valence-corrected chi connectivity index (χ3v) is 6.52. The smallest absolute Gasteiger partial charge is 0.225 e. The molecule has 1 saturated heterocycles. The number of fused-ring (bicyclic) bond motifs is 1. The molecule has 130 valence electrons. The number of likely N-dealkylation sites (tertiary alicyclic amines) is 1. The maximum Gasteiger partial charge on any atom is 0.225 e. The summed E-state index contributed by atoms with van der Waals surface area (Å²) in [5.41, 5.74) is 1.28. The Bertz CT molecular complexity index is 590. The lowest BCUT2D eigenvalue weighted by molar-refractivity contribution is -0.132. The molecule has 0 aromatic carbocycles. The molecule has 2 heterocycles. The van der Waals surface area contributed by atoms with Crippen molar-refractivity contribution < 1.29 is 4.79 Å². The van der Waals surface area contributed by atoms with Crippen LogP contribution in [-0.4, -0.2) is 46.9 Å². The van der Waals surface area contributed by atoms with Crippen molar-refractivity contribution in [2.75, 3.05) is 20.1 Å². The third kappa shape index (κ3) is 3.08. The Hall–Kier alpha value is -1.42. The van der Waals surface area contributed by atoms with Crippen molar-refractivity contribution >= 4 is 5.91 Å². The van der Waals surface area contributed by atoms with Crippen LogP contribution in [0.25, 0.3) is 0 Å². The molecule has 4 rings (SSSR count). The Balaban J connectivity index is 1.42. The summed E-state index contributed by atoms with van der Waals surface area (Å²) in [7, 11) is 2.24. The average molecular weight is 327 g/mol. The Morgan fingerprint density at radius 3 is 2.92 bits per heavy atom. The summed E-state index contributed by atoms with van der Waals surface area (Å²) in [5, 5.41) is 0. The minimum atomic E-state index is 0.330. The van der Waals surface area contributed by atoms with Crippen molar-refractivity contribution in [3.63, 3.8) is 0 Å². The molecule has 3 fully saturated rings. The Labute approximate surface area is 145 Å². The molecule has 0 N–H and O–H groups in total. The average Bonchev–Trinajstić information content (AvgIpc) is 3.16. The van der Waals surface area contributed by atoms with Gasteiger partial charge in [-0.1, -0.05) is 19.4 Å². The lowest BCUT2D eigenvalue weighted by Crippen LogP contribution is -2.43. The molecule has 0 radical (unpaired) electrons. The molecule has 0 spiro atoms. The normalized spacial score (nSPS) is 35.1. The summed E-state index contributed by atoms with van der Waals surface area (Å²) in [5.74, 6) is 2.74. The highest BCUT2D eigenvalue weighted by atomic mass is 16.2. The topological polar surface area (TPSA) is 36.4 Å². The second-order valence-corrected chi connectivity index (χ2v) is 8.26. The summed E-state index contributed by atoms with van der Waals surface area (Å²) >= 11 is 0. The van der Waals surface area contributed by atoms with E-state index in [0.717, 1.165) is 26.1 Å². The van der Waals surface area contributed by atoms with Crippen LogP contribution in [-0.2, 0) is 11.3 Å². The number of pyridine rings is 1. The van der Waals surface area contributed by atoms with E-state index in [0.29, 0.717) is 35.6 Å². The number of carbonyl (C=O) groups is 1. The van der Waals surface area contributed by atoms with E-state index in [9.17, 15) is 4.79 Å².